The summed E-state index contributed by atoms with van der Waals surface area (Å²) in [5, 5.41) is 1.33. The molecule has 29 heavy (non-hydrogen) atoms. The minimum Gasteiger partial charge on any atom is -0.377 e. The van der Waals surface area contributed by atoms with Crippen LogP contribution in [0, 0.1) is 6.92 Å². The standard InChI is InChI=1S/C21H21N5OS2/c1-12-6-16(25(2)3)18-19-20(29-21(18)24-12)17(27)9-26(10-22-19)14-5-4-13-7-15(8-14)28-11-23-13/h4-6,8,10-11,13,15H,7,9H2,1-3H3. The van der Waals surface area contributed by atoms with Crippen molar-refractivity contribution in [3.8, 4) is 0 Å². The average Bonchev–Trinajstić information content (AvgIpc) is 2.88. The second kappa shape index (κ2) is 7.11. The van der Waals surface area contributed by atoms with Crippen LogP contribution in [0.25, 0.3) is 10.2 Å². The molecule has 4 heterocycles. The molecule has 1 aliphatic carbocycles. The van der Waals surface area contributed by atoms with Crippen LogP contribution in [-0.4, -0.2) is 59.5 Å². The zero-order chi connectivity index (χ0) is 20.1. The van der Waals surface area contributed by atoms with Crippen LogP contribution < -0.4 is 4.90 Å². The lowest BCUT2D eigenvalue weighted by Gasteiger charge is -2.20. The van der Waals surface area contributed by atoms with E-state index in [-0.39, 0.29) is 18.4 Å². The van der Waals surface area contributed by atoms with Gasteiger partial charge in [0.1, 0.15) is 9.71 Å². The number of aromatic nitrogens is 1. The molecule has 2 aliphatic heterocycles. The highest BCUT2D eigenvalue weighted by Gasteiger charge is 2.28. The van der Waals surface area contributed by atoms with Crippen molar-refractivity contribution in [1.29, 1.82) is 0 Å². The van der Waals surface area contributed by atoms with Crippen molar-refractivity contribution in [2.45, 2.75) is 24.6 Å². The fourth-order valence-corrected chi connectivity index (χ4v) is 5.85. The van der Waals surface area contributed by atoms with Crippen LogP contribution in [0.4, 0.5) is 11.4 Å². The van der Waals surface area contributed by atoms with Crippen molar-refractivity contribution in [1.82, 2.24) is 9.88 Å². The second-order valence-corrected chi connectivity index (χ2v) is 9.70. The molecule has 0 amide bonds. The van der Waals surface area contributed by atoms with E-state index in [1.807, 2.05) is 37.5 Å². The number of carbonyl (C=O) groups is 1. The van der Waals surface area contributed by atoms with Gasteiger partial charge in [-0.2, -0.15) is 0 Å². The summed E-state index contributed by atoms with van der Waals surface area (Å²) in [7, 11) is 4.01. The number of anilines is 1. The van der Waals surface area contributed by atoms with Crippen molar-refractivity contribution < 1.29 is 4.79 Å². The largest absolute Gasteiger partial charge is 0.377 e. The van der Waals surface area contributed by atoms with Crippen LogP contribution in [-0.2, 0) is 0 Å². The molecule has 0 saturated heterocycles. The summed E-state index contributed by atoms with van der Waals surface area (Å²) in [6.45, 7) is 2.26. The van der Waals surface area contributed by atoms with Crippen molar-refractivity contribution in [2.24, 2.45) is 9.98 Å². The van der Waals surface area contributed by atoms with Gasteiger partial charge in [-0.3, -0.25) is 9.79 Å². The number of hydrogen-bond acceptors (Lipinski definition) is 8. The van der Waals surface area contributed by atoms with Gasteiger partial charge >= 0.3 is 0 Å². The van der Waals surface area contributed by atoms with Gasteiger partial charge in [-0.15, -0.1) is 23.1 Å². The van der Waals surface area contributed by atoms with Crippen LogP contribution in [0.15, 0.2) is 40.0 Å². The van der Waals surface area contributed by atoms with Crippen LogP contribution in [0.3, 0.4) is 0 Å². The molecule has 2 aromatic rings. The van der Waals surface area contributed by atoms with Crippen molar-refractivity contribution >= 4 is 62.4 Å². The number of thioether (sulfide) groups is 1. The highest BCUT2D eigenvalue weighted by molar-refractivity contribution is 8.12. The van der Waals surface area contributed by atoms with Crippen molar-refractivity contribution in [2.75, 3.05) is 25.5 Å². The molecule has 2 unspecified atom stereocenters. The topological polar surface area (TPSA) is 61.2 Å². The SMILES string of the molecule is Cc1cc(N(C)C)c2c3c(sc2n1)C(=O)CN(C1=CC2CC(C=C1)N=CS2)C=N3. The molecule has 0 aromatic carbocycles. The van der Waals surface area contributed by atoms with Gasteiger partial charge in [0.05, 0.1) is 41.2 Å². The van der Waals surface area contributed by atoms with E-state index in [9.17, 15) is 4.79 Å². The monoisotopic (exact) mass is 423 g/mol. The van der Waals surface area contributed by atoms with Crippen LogP contribution in [0.1, 0.15) is 21.8 Å². The van der Waals surface area contributed by atoms with Gasteiger partial charge in [0.25, 0.3) is 0 Å². The number of fused-ring (bicyclic) bond motifs is 5. The van der Waals surface area contributed by atoms with Gasteiger partial charge in [-0.05, 0) is 31.6 Å². The zero-order valence-corrected chi connectivity index (χ0v) is 18.1. The lowest BCUT2D eigenvalue weighted by molar-refractivity contribution is 0.0980. The lowest BCUT2D eigenvalue weighted by Crippen LogP contribution is -2.26. The highest BCUT2D eigenvalue weighted by Crippen LogP contribution is 2.43. The Morgan fingerprint density at radius 1 is 1.31 bits per heavy atom. The average molecular weight is 424 g/mol. The van der Waals surface area contributed by atoms with Crippen LogP contribution in [0.2, 0.25) is 0 Å². The number of aryl methyl sites for hydroxylation is 1. The summed E-state index contributed by atoms with van der Waals surface area (Å²) in [6.07, 6.45) is 9.20. The Hall–Kier alpha value is -2.45. The van der Waals surface area contributed by atoms with Gasteiger partial charge < -0.3 is 9.80 Å². The van der Waals surface area contributed by atoms with E-state index in [0.29, 0.717) is 10.1 Å². The predicted molar refractivity (Wildman–Crippen MR) is 123 cm³/mol. The molecule has 0 fully saturated rings. The molecular weight excluding hydrogens is 402 g/mol. The Balaban J connectivity index is 1.58. The summed E-state index contributed by atoms with van der Waals surface area (Å²) >= 11 is 3.17. The number of nitrogens with zero attached hydrogens (tertiary/aromatic N) is 5. The zero-order valence-electron chi connectivity index (χ0n) is 16.5. The van der Waals surface area contributed by atoms with Crippen molar-refractivity contribution in [3.05, 3.63) is 40.6 Å². The second-order valence-electron chi connectivity index (χ2n) is 7.62. The van der Waals surface area contributed by atoms with E-state index in [0.717, 1.165) is 39.4 Å². The number of ketones is 1. The van der Waals surface area contributed by atoms with Crippen molar-refractivity contribution in [3.63, 3.8) is 0 Å². The first-order chi connectivity index (χ1) is 14.0. The van der Waals surface area contributed by atoms with E-state index in [4.69, 9.17) is 4.99 Å². The summed E-state index contributed by atoms with van der Waals surface area (Å²) in [4.78, 5) is 32.7. The fraction of sp³-hybridized carbons (Fsp3) is 0.333. The first-order valence-electron chi connectivity index (χ1n) is 9.52. The minimum absolute atomic E-state index is 0.0771. The Labute approximate surface area is 177 Å². The minimum atomic E-state index is 0.0771. The van der Waals surface area contributed by atoms with Crippen LogP contribution >= 0.6 is 23.1 Å². The Morgan fingerprint density at radius 3 is 3.00 bits per heavy atom. The molecule has 2 aromatic heterocycles. The lowest BCUT2D eigenvalue weighted by atomic mass is 10.1. The maximum absolute atomic E-state index is 13.2. The number of hydrogen-bond donors (Lipinski definition) is 0. The van der Waals surface area contributed by atoms with E-state index in [1.54, 1.807) is 18.1 Å². The molecule has 0 saturated carbocycles. The molecule has 2 bridgehead atoms. The third-order valence-electron chi connectivity index (χ3n) is 5.26. The molecule has 6 nitrogen and oxygen atoms in total. The van der Waals surface area contributed by atoms with E-state index >= 15 is 0 Å². The molecule has 3 aliphatic rings. The number of carbonyl (C=O) groups excluding carboxylic acids is 1. The van der Waals surface area contributed by atoms with Crippen LogP contribution in [0.5, 0.6) is 0 Å². The first kappa shape index (κ1) is 18.6. The maximum atomic E-state index is 13.2. The van der Waals surface area contributed by atoms with Gasteiger partial charge in [0, 0.05) is 30.7 Å². The first-order valence-corrected chi connectivity index (χ1v) is 11.3. The highest BCUT2D eigenvalue weighted by atomic mass is 32.2. The fourth-order valence-electron chi connectivity index (χ4n) is 3.83. The number of rotatable bonds is 2. The van der Waals surface area contributed by atoms with E-state index in [1.165, 1.54) is 11.3 Å². The van der Waals surface area contributed by atoms with Gasteiger partial charge in [-0.25, -0.2) is 9.98 Å². The number of Topliss-reactive ketones (excluding diaryl/α,β-unsaturated/α-hetero) is 1. The molecule has 0 spiro atoms. The number of pyridine rings is 1. The number of allylic oxidation sites excluding steroid dienone is 1. The van der Waals surface area contributed by atoms with Gasteiger partial charge in [0.2, 0.25) is 0 Å². The number of thiophene rings is 1. The number of aliphatic imine (C=N–C) groups is 2. The molecule has 148 valence electrons. The molecule has 2 atom stereocenters. The third-order valence-corrected chi connectivity index (χ3v) is 7.29. The van der Waals surface area contributed by atoms with E-state index < -0.39 is 0 Å². The summed E-state index contributed by atoms with van der Waals surface area (Å²) < 4.78 is 0. The molecular formula is C21H21N5OS2. The smallest absolute Gasteiger partial charge is 0.194 e. The van der Waals surface area contributed by atoms with Gasteiger partial charge in [0.15, 0.2) is 5.78 Å². The molecule has 5 rings (SSSR count). The normalized spacial score (nSPS) is 23.1. The third kappa shape index (κ3) is 3.30. The van der Waals surface area contributed by atoms with Gasteiger partial charge in [-0.1, -0.05) is 6.08 Å². The summed E-state index contributed by atoms with van der Waals surface area (Å²) in [6, 6.07) is 2.27. The quantitative estimate of drug-likeness (QED) is 0.725. The summed E-state index contributed by atoms with van der Waals surface area (Å²) in [5.74, 6) is 0.0771. The Kier molecular flexibility index (Phi) is 4.55. The molecule has 0 radical (unpaired) electrons. The van der Waals surface area contributed by atoms with E-state index in [2.05, 4.69) is 33.1 Å². The Bertz CT molecular complexity index is 1130. The predicted octanol–water partition coefficient (Wildman–Crippen LogP) is 4.18. The molecule has 8 heteroatoms. The maximum Gasteiger partial charge on any atom is 0.194 e. The molecule has 0 N–H and O–H groups in total. The summed E-state index contributed by atoms with van der Waals surface area (Å²) in [5.41, 5.74) is 5.66. The Morgan fingerprint density at radius 2 is 2.17 bits per heavy atom.